The van der Waals surface area contributed by atoms with Crippen molar-refractivity contribution in [2.75, 3.05) is 16.6 Å². The molecule has 0 aromatic carbocycles. The Bertz CT molecular complexity index is 494. The van der Waals surface area contributed by atoms with Crippen LogP contribution in [-0.4, -0.2) is 30.5 Å². The Labute approximate surface area is 95.1 Å². The quantitative estimate of drug-likeness (QED) is 0.772. The highest BCUT2D eigenvalue weighted by molar-refractivity contribution is 7.93. The Morgan fingerprint density at radius 3 is 2.81 bits per heavy atom. The SMILES string of the molecule is CC1CN(c2nn(C)cc2CN)S(=O)(=O)C1. The molecule has 0 bridgehead atoms. The van der Waals surface area contributed by atoms with Crippen LogP contribution in [0.15, 0.2) is 6.20 Å². The fraction of sp³-hybridized carbons (Fsp3) is 0.667. The highest BCUT2D eigenvalue weighted by Crippen LogP contribution is 2.27. The van der Waals surface area contributed by atoms with Crippen molar-refractivity contribution in [3.05, 3.63) is 11.8 Å². The van der Waals surface area contributed by atoms with Gasteiger partial charge in [-0.25, -0.2) is 8.42 Å². The second-order valence-electron chi connectivity index (χ2n) is 4.27. The van der Waals surface area contributed by atoms with Crippen LogP contribution in [0.4, 0.5) is 5.82 Å². The summed E-state index contributed by atoms with van der Waals surface area (Å²) in [7, 11) is -1.45. The third kappa shape index (κ3) is 1.80. The number of aryl methyl sites for hydroxylation is 1. The van der Waals surface area contributed by atoms with Gasteiger partial charge in [0.25, 0.3) is 0 Å². The van der Waals surface area contributed by atoms with Gasteiger partial charge >= 0.3 is 0 Å². The summed E-state index contributed by atoms with van der Waals surface area (Å²) in [6.45, 7) is 2.71. The van der Waals surface area contributed by atoms with Crippen LogP contribution in [0, 0.1) is 5.92 Å². The molecule has 1 saturated heterocycles. The predicted octanol–water partition coefficient (Wildman–Crippen LogP) is -0.335. The lowest BCUT2D eigenvalue weighted by molar-refractivity contribution is 0.597. The van der Waals surface area contributed by atoms with Crippen molar-refractivity contribution >= 4 is 15.8 Å². The number of anilines is 1. The smallest absolute Gasteiger partial charge is 0.236 e. The molecule has 1 aromatic rings. The lowest BCUT2D eigenvalue weighted by Gasteiger charge is -2.15. The Hall–Kier alpha value is -1.08. The maximum absolute atomic E-state index is 11.9. The molecule has 7 heteroatoms. The highest BCUT2D eigenvalue weighted by atomic mass is 32.2. The number of nitrogens with zero attached hydrogens (tertiary/aromatic N) is 3. The maximum Gasteiger partial charge on any atom is 0.236 e. The van der Waals surface area contributed by atoms with Gasteiger partial charge in [0.15, 0.2) is 5.82 Å². The summed E-state index contributed by atoms with van der Waals surface area (Å²) in [6.07, 6.45) is 1.76. The Balaban J connectivity index is 2.44. The number of hydrogen-bond acceptors (Lipinski definition) is 4. The van der Waals surface area contributed by atoms with Crippen molar-refractivity contribution < 1.29 is 8.42 Å². The molecule has 1 unspecified atom stereocenters. The average molecular weight is 244 g/mol. The lowest BCUT2D eigenvalue weighted by atomic mass is 10.2. The molecule has 0 spiro atoms. The van der Waals surface area contributed by atoms with E-state index < -0.39 is 10.0 Å². The van der Waals surface area contributed by atoms with E-state index in [1.54, 1.807) is 17.9 Å². The van der Waals surface area contributed by atoms with Crippen LogP contribution in [0.3, 0.4) is 0 Å². The molecule has 0 aliphatic carbocycles. The van der Waals surface area contributed by atoms with Crippen molar-refractivity contribution in [1.29, 1.82) is 0 Å². The molecule has 2 heterocycles. The second-order valence-corrected chi connectivity index (χ2v) is 6.21. The molecule has 16 heavy (non-hydrogen) atoms. The maximum atomic E-state index is 11.9. The van der Waals surface area contributed by atoms with Crippen molar-refractivity contribution in [2.24, 2.45) is 18.7 Å². The zero-order valence-electron chi connectivity index (χ0n) is 9.42. The summed E-state index contributed by atoms with van der Waals surface area (Å²) >= 11 is 0. The van der Waals surface area contributed by atoms with Gasteiger partial charge in [-0.2, -0.15) is 5.10 Å². The molecule has 1 fully saturated rings. The van der Waals surface area contributed by atoms with Gasteiger partial charge in [0.1, 0.15) is 0 Å². The van der Waals surface area contributed by atoms with Crippen LogP contribution in [0.25, 0.3) is 0 Å². The summed E-state index contributed by atoms with van der Waals surface area (Å²) in [5.74, 6) is 0.806. The van der Waals surface area contributed by atoms with Crippen molar-refractivity contribution in [2.45, 2.75) is 13.5 Å². The normalized spacial score (nSPS) is 23.9. The zero-order chi connectivity index (χ0) is 11.9. The van der Waals surface area contributed by atoms with Gasteiger partial charge in [0.2, 0.25) is 10.0 Å². The summed E-state index contributed by atoms with van der Waals surface area (Å²) in [4.78, 5) is 0. The minimum atomic E-state index is -3.21. The van der Waals surface area contributed by atoms with E-state index in [0.717, 1.165) is 5.56 Å². The van der Waals surface area contributed by atoms with Crippen molar-refractivity contribution in [1.82, 2.24) is 9.78 Å². The minimum Gasteiger partial charge on any atom is -0.326 e. The summed E-state index contributed by atoms with van der Waals surface area (Å²) < 4.78 is 26.7. The van der Waals surface area contributed by atoms with E-state index in [9.17, 15) is 8.42 Å². The van der Waals surface area contributed by atoms with Gasteiger partial charge < -0.3 is 5.73 Å². The topological polar surface area (TPSA) is 81.2 Å². The van der Waals surface area contributed by atoms with Crippen LogP contribution in [0.5, 0.6) is 0 Å². The van der Waals surface area contributed by atoms with Crippen LogP contribution < -0.4 is 10.0 Å². The van der Waals surface area contributed by atoms with E-state index in [0.29, 0.717) is 18.9 Å². The molecule has 1 aromatic heterocycles. The Kier molecular flexibility index (Phi) is 2.67. The lowest BCUT2D eigenvalue weighted by Crippen LogP contribution is -2.27. The summed E-state index contributed by atoms with van der Waals surface area (Å²) in [6, 6.07) is 0. The first-order chi connectivity index (χ1) is 7.44. The molecular formula is C9H16N4O2S. The molecule has 0 saturated carbocycles. The van der Waals surface area contributed by atoms with Crippen LogP contribution >= 0.6 is 0 Å². The van der Waals surface area contributed by atoms with Gasteiger partial charge in [-0.05, 0) is 5.92 Å². The molecule has 1 atom stereocenters. The van der Waals surface area contributed by atoms with E-state index in [1.807, 2.05) is 6.92 Å². The van der Waals surface area contributed by atoms with Crippen molar-refractivity contribution in [3.8, 4) is 0 Å². The molecule has 6 nitrogen and oxygen atoms in total. The molecule has 0 amide bonds. The molecule has 1 aliphatic rings. The van der Waals surface area contributed by atoms with Gasteiger partial charge in [-0.3, -0.25) is 8.99 Å². The van der Waals surface area contributed by atoms with Crippen LogP contribution in [0.1, 0.15) is 12.5 Å². The van der Waals surface area contributed by atoms with Crippen LogP contribution in [-0.2, 0) is 23.6 Å². The molecule has 1 aliphatic heterocycles. The van der Waals surface area contributed by atoms with Gasteiger partial charge in [0.05, 0.1) is 5.75 Å². The molecule has 90 valence electrons. The first-order valence-corrected chi connectivity index (χ1v) is 6.78. The van der Waals surface area contributed by atoms with E-state index in [1.165, 1.54) is 4.31 Å². The Morgan fingerprint density at radius 2 is 2.31 bits per heavy atom. The molecule has 2 rings (SSSR count). The second kappa shape index (κ2) is 3.74. The van der Waals surface area contributed by atoms with Crippen molar-refractivity contribution in [3.63, 3.8) is 0 Å². The van der Waals surface area contributed by atoms with E-state index >= 15 is 0 Å². The largest absolute Gasteiger partial charge is 0.326 e. The van der Waals surface area contributed by atoms with E-state index in [4.69, 9.17) is 5.73 Å². The molecular weight excluding hydrogens is 228 g/mol. The number of hydrogen-bond donors (Lipinski definition) is 1. The number of rotatable bonds is 2. The molecule has 0 radical (unpaired) electrons. The fourth-order valence-corrected chi connectivity index (χ4v) is 3.90. The molecule has 2 N–H and O–H groups in total. The highest BCUT2D eigenvalue weighted by Gasteiger charge is 2.36. The number of nitrogens with two attached hydrogens (primary N) is 1. The van der Waals surface area contributed by atoms with Gasteiger partial charge in [-0.15, -0.1) is 0 Å². The number of sulfonamides is 1. The number of aromatic nitrogens is 2. The average Bonchev–Trinajstić information content (AvgIpc) is 2.65. The minimum absolute atomic E-state index is 0.137. The fourth-order valence-electron chi connectivity index (χ4n) is 2.00. The van der Waals surface area contributed by atoms with E-state index in [2.05, 4.69) is 5.10 Å². The monoisotopic (exact) mass is 244 g/mol. The standard InChI is InChI=1S/C9H16N4O2S/c1-7-4-13(16(14,15)6-7)9-8(3-10)5-12(2)11-9/h5,7H,3-4,6,10H2,1-2H3. The summed E-state index contributed by atoms with van der Waals surface area (Å²) in [5.41, 5.74) is 6.34. The first kappa shape index (κ1) is 11.4. The zero-order valence-corrected chi connectivity index (χ0v) is 10.2. The van der Waals surface area contributed by atoms with E-state index in [-0.39, 0.29) is 11.7 Å². The summed E-state index contributed by atoms with van der Waals surface area (Å²) in [5, 5.41) is 4.18. The third-order valence-corrected chi connectivity index (χ3v) is 4.63. The van der Waals surface area contributed by atoms with Gasteiger partial charge in [0, 0.05) is 31.9 Å². The third-order valence-electron chi connectivity index (χ3n) is 2.65. The van der Waals surface area contributed by atoms with Gasteiger partial charge in [-0.1, -0.05) is 6.92 Å². The first-order valence-electron chi connectivity index (χ1n) is 5.17. The van der Waals surface area contributed by atoms with Crippen LogP contribution in [0.2, 0.25) is 0 Å². The Morgan fingerprint density at radius 1 is 1.62 bits per heavy atom. The predicted molar refractivity (Wildman–Crippen MR) is 61.4 cm³/mol.